The molecule has 0 heterocycles. The van der Waals surface area contributed by atoms with E-state index in [9.17, 15) is 0 Å². The van der Waals surface area contributed by atoms with Gasteiger partial charge in [-0.15, -0.1) is 0 Å². The van der Waals surface area contributed by atoms with Crippen molar-refractivity contribution in [2.75, 3.05) is 14.1 Å². The first-order valence-corrected chi connectivity index (χ1v) is 16.9. The molecule has 126 valence electrons. The molecule has 0 aliphatic carbocycles. The molecule has 0 rings (SSSR count). The molecule has 1 unspecified atom stereocenters. The number of hydrogen-bond donors (Lipinski definition) is 0. The number of rotatable bonds is 11. The predicted molar refractivity (Wildman–Crippen MR) is 101 cm³/mol. The van der Waals surface area contributed by atoms with Gasteiger partial charge in [-0.3, -0.25) is 0 Å². The topological polar surface area (TPSA) is 15.6 Å². The molecular weight excluding hydrogens is 363 g/mol. The standard InChI is InChI=1S/C6H13N2.3C4H9.Sn/c1-5-7-6(2)8(3)4;3*1-3-4-2;/h5H,1-4H3;3*1,3-4H2,2H3;/b7-6+;;;;. The Morgan fingerprint density at radius 3 is 1.57 bits per heavy atom. The minimum atomic E-state index is -2.16. The summed E-state index contributed by atoms with van der Waals surface area (Å²) in [5.41, 5.74) is 0. The summed E-state index contributed by atoms with van der Waals surface area (Å²) in [6.45, 7) is 11.6. The monoisotopic (exact) mass is 404 g/mol. The van der Waals surface area contributed by atoms with Crippen LogP contribution < -0.4 is 0 Å². The van der Waals surface area contributed by atoms with Gasteiger partial charge >= 0.3 is 139 Å². The van der Waals surface area contributed by atoms with Crippen molar-refractivity contribution in [1.82, 2.24) is 4.90 Å². The Morgan fingerprint density at radius 1 is 0.905 bits per heavy atom. The third kappa shape index (κ3) is 7.90. The van der Waals surface area contributed by atoms with Gasteiger partial charge in [-0.1, -0.05) is 0 Å². The van der Waals surface area contributed by atoms with E-state index in [0.717, 1.165) is 0 Å². The van der Waals surface area contributed by atoms with Gasteiger partial charge in [0, 0.05) is 0 Å². The fourth-order valence-corrected chi connectivity index (χ4v) is 19.2. The zero-order valence-corrected chi connectivity index (χ0v) is 18.7. The van der Waals surface area contributed by atoms with Crippen molar-refractivity contribution >= 4 is 24.2 Å². The second kappa shape index (κ2) is 11.8. The van der Waals surface area contributed by atoms with Crippen LogP contribution >= 0.6 is 0 Å². The van der Waals surface area contributed by atoms with Crippen LogP contribution in [0.25, 0.3) is 0 Å². The Bertz CT molecular complexity index is 265. The third-order valence-electron chi connectivity index (χ3n) is 5.00. The van der Waals surface area contributed by atoms with Crippen molar-refractivity contribution in [2.24, 2.45) is 4.99 Å². The van der Waals surface area contributed by atoms with Crippen LogP contribution in [0.1, 0.15) is 73.1 Å². The first-order chi connectivity index (χ1) is 9.93. The van der Waals surface area contributed by atoms with Gasteiger partial charge in [-0.25, -0.2) is 0 Å². The molecule has 0 amide bonds. The number of unbranched alkanes of at least 4 members (excludes halogenated alkanes) is 3. The van der Waals surface area contributed by atoms with E-state index in [1.54, 1.807) is 13.3 Å². The molecule has 0 aromatic rings. The summed E-state index contributed by atoms with van der Waals surface area (Å²) in [7, 11) is 4.24. The molecule has 0 aromatic carbocycles. The molecule has 0 aliphatic heterocycles. The summed E-state index contributed by atoms with van der Waals surface area (Å²) < 4.78 is 5.30. The van der Waals surface area contributed by atoms with Crippen LogP contribution in [0.2, 0.25) is 13.3 Å². The molecular formula is C18H40N2Sn. The summed E-state index contributed by atoms with van der Waals surface area (Å²) >= 11 is -2.16. The van der Waals surface area contributed by atoms with Crippen LogP contribution in [0.15, 0.2) is 4.99 Å². The van der Waals surface area contributed by atoms with Crippen molar-refractivity contribution in [2.45, 2.75) is 90.5 Å². The van der Waals surface area contributed by atoms with Gasteiger partial charge in [-0.05, 0) is 0 Å². The van der Waals surface area contributed by atoms with Gasteiger partial charge in [0.2, 0.25) is 0 Å². The van der Waals surface area contributed by atoms with Crippen molar-refractivity contribution in [3.05, 3.63) is 0 Å². The molecule has 0 aliphatic rings. The number of hydrogen-bond acceptors (Lipinski definition) is 1. The molecule has 1 atom stereocenters. The van der Waals surface area contributed by atoms with Gasteiger partial charge in [0.05, 0.1) is 0 Å². The molecule has 3 heteroatoms. The third-order valence-corrected chi connectivity index (χ3v) is 22.0. The number of amidine groups is 1. The zero-order valence-electron chi connectivity index (χ0n) is 15.8. The van der Waals surface area contributed by atoms with Gasteiger partial charge in [0.1, 0.15) is 0 Å². The Labute approximate surface area is 138 Å². The number of aliphatic imine (C=N–C) groups is 1. The van der Waals surface area contributed by atoms with E-state index in [4.69, 9.17) is 4.99 Å². The molecule has 21 heavy (non-hydrogen) atoms. The minimum absolute atomic E-state index is 0.645. The van der Waals surface area contributed by atoms with E-state index < -0.39 is 18.4 Å². The van der Waals surface area contributed by atoms with Gasteiger partial charge < -0.3 is 0 Å². The molecule has 0 saturated heterocycles. The van der Waals surface area contributed by atoms with E-state index in [0.29, 0.717) is 4.06 Å². The van der Waals surface area contributed by atoms with Gasteiger partial charge in [-0.2, -0.15) is 0 Å². The summed E-state index contributed by atoms with van der Waals surface area (Å²) in [5.74, 6) is 1.22. The molecule has 0 N–H and O–H groups in total. The number of nitrogens with zero attached hydrogens (tertiary/aromatic N) is 2. The zero-order chi connectivity index (χ0) is 16.3. The van der Waals surface area contributed by atoms with Crippen LogP contribution in [0.3, 0.4) is 0 Å². The molecule has 0 radical (unpaired) electrons. The maximum atomic E-state index is 5.14. The van der Waals surface area contributed by atoms with Crippen molar-refractivity contribution < 1.29 is 0 Å². The summed E-state index contributed by atoms with van der Waals surface area (Å²) in [5, 5.41) is 0. The Morgan fingerprint density at radius 2 is 1.29 bits per heavy atom. The molecule has 0 spiro atoms. The van der Waals surface area contributed by atoms with Crippen molar-refractivity contribution in [1.29, 1.82) is 0 Å². The van der Waals surface area contributed by atoms with Crippen molar-refractivity contribution in [3.63, 3.8) is 0 Å². The summed E-state index contributed by atoms with van der Waals surface area (Å²) in [6.07, 6.45) is 8.35. The first kappa shape index (κ1) is 21.3. The second-order valence-corrected chi connectivity index (χ2v) is 21.4. The van der Waals surface area contributed by atoms with E-state index >= 15 is 0 Å². The van der Waals surface area contributed by atoms with Crippen molar-refractivity contribution in [3.8, 4) is 0 Å². The molecule has 0 fully saturated rings. The van der Waals surface area contributed by atoms with Crippen LogP contribution in [-0.4, -0.2) is 47.3 Å². The Hall–Kier alpha value is 0.269. The second-order valence-electron chi connectivity index (χ2n) is 6.92. The Kier molecular flexibility index (Phi) is 11.9. The molecule has 0 bridgehead atoms. The van der Waals surface area contributed by atoms with E-state index in [-0.39, 0.29) is 0 Å². The molecule has 0 saturated carbocycles. The van der Waals surface area contributed by atoms with Crippen LogP contribution in [0, 0.1) is 0 Å². The predicted octanol–water partition coefficient (Wildman–Crippen LogP) is 5.74. The van der Waals surface area contributed by atoms with E-state index in [2.05, 4.69) is 53.6 Å². The van der Waals surface area contributed by atoms with E-state index in [1.807, 2.05) is 0 Å². The summed E-state index contributed by atoms with van der Waals surface area (Å²) in [4.78, 5) is 7.32. The Balaban J connectivity index is 5.21. The SMILES string of the molecule is CCC[CH2][Sn]([CH2]CCC)([CH2]CCC)[CH](C)/N=C(\C)N(C)C. The van der Waals surface area contributed by atoms with Gasteiger partial charge in [0.25, 0.3) is 0 Å². The quantitative estimate of drug-likeness (QED) is 0.244. The molecule has 0 aromatic heterocycles. The average Bonchev–Trinajstić information content (AvgIpc) is 2.46. The van der Waals surface area contributed by atoms with Crippen LogP contribution in [0.4, 0.5) is 0 Å². The maximum absolute atomic E-state index is 5.14. The fourth-order valence-electron chi connectivity index (χ4n) is 3.12. The molecule has 2 nitrogen and oxygen atoms in total. The fraction of sp³-hybridized carbons (Fsp3) is 0.944. The van der Waals surface area contributed by atoms with Crippen LogP contribution in [-0.2, 0) is 0 Å². The summed E-state index contributed by atoms with van der Waals surface area (Å²) in [6, 6.07) is 0. The average molecular weight is 403 g/mol. The first-order valence-electron chi connectivity index (χ1n) is 9.15. The van der Waals surface area contributed by atoms with Gasteiger partial charge in [0.15, 0.2) is 0 Å². The van der Waals surface area contributed by atoms with Crippen LogP contribution in [0.5, 0.6) is 0 Å². The normalized spacial score (nSPS) is 14.3. The van der Waals surface area contributed by atoms with E-state index in [1.165, 1.54) is 44.4 Å².